The lowest BCUT2D eigenvalue weighted by molar-refractivity contribution is -0.118. The number of anilines is 3. The lowest BCUT2D eigenvalue weighted by Crippen LogP contribution is -2.42. The number of hydrogen-bond donors (Lipinski definition) is 2. The molecule has 8 heteroatoms. The van der Waals surface area contributed by atoms with Crippen LogP contribution in [-0.4, -0.2) is 38.6 Å². The Balaban J connectivity index is 1.84. The van der Waals surface area contributed by atoms with Crippen LogP contribution in [0.4, 0.5) is 17.1 Å². The van der Waals surface area contributed by atoms with Crippen molar-refractivity contribution in [2.24, 2.45) is 0 Å². The summed E-state index contributed by atoms with van der Waals surface area (Å²) in [6, 6.07) is 10.3. The molecular weight excluding hydrogens is 382 g/mol. The summed E-state index contributed by atoms with van der Waals surface area (Å²) in [6.07, 6.45) is 0.221. The molecule has 1 aliphatic heterocycles. The van der Waals surface area contributed by atoms with E-state index in [0.29, 0.717) is 33.6 Å². The molecule has 2 amide bonds. The second kappa shape index (κ2) is 8.39. The monoisotopic (exact) mass is 403 g/mol. The van der Waals surface area contributed by atoms with Crippen LogP contribution in [0.25, 0.3) is 0 Å². The maximum absolute atomic E-state index is 13.1. The third-order valence-corrected chi connectivity index (χ3v) is 4.83. The van der Waals surface area contributed by atoms with Gasteiger partial charge in [-0.1, -0.05) is 23.7 Å². The maximum Gasteiger partial charge on any atom is 0.246 e. The van der Waals surface area contributed by atoms with Crippen LogP contribution in [-0.2, 0) is 9.59 Å². The van der Waals surface area contributed by atoms with E-state index in [-0.39, 0.29) is 30.8 Å². The summed E-state index contributed by atoms with van der Waals surface area (Å²) >= 11 is 6.13. The van der Waals surface area contributed by atoms with Gasteiger partial charge >= 0.3 is 0 Å². The minimum absolute atomic E-state index is 0.00795. The van der Waals surface area contributed by atoms with Gasteiger partial charge in [-0.3, -0.25) is 9.59 Å². The number of hydrogen-bond acceptors (Lipinski definition) is 5. The van der Waals surface area contributed by atoms with E-state index in [0.717, 1.165) is 0 Å². The van der Waals surface area contributed by atoms with Crippen molar-refractivity contribution in [1.82, 2.24) is 0 Å². The Bertz CT molecular complexity index is 903. The van der Waals surface area contributed by atoms with Gasteiger partial charge in [0.25, 0.3) is 0 Å². The second-order valence-corrected chi connectivity index (χ2v) is 6.83. The minimum atomic E-state index is -0.278. The normalized spacial score (nSPS) is 15.9. The van der Waals surface area contributed by atoms with Crippen LogP contribution < -0.4 is 25.0 Å². The zero-order chi connectivity index (χ0) is 20.3. The van der Waals surface area contributed by atoms with E-state index >= 15 is 0 Å². The molecule has 0 saturated carbocycles. The topological polar surface area (TPSA) is 79.9 Å². The van der Waals surface area contributed by atoms with Crippen LogP contribution in [0.3, 0.4) is 0 Å². The fourth-order valence-electron chi connectivity index (χ4n) is 3.22. The van der Waals surface area contributed by atoms with Crippen molar-refractivity contribution >= 4 is 40.5 Å². The highest BCUT2D eigenvalue weighted by Crippen LogP contribution is 2.36. The molecule has 0 fully saturated rings. The van der Waals surface area contributed by atoms with Gasteiger partial charge in [0.2, 0.25) is 11.8 Å². The molecule has 2 aromatic rings. The quantitative estimate of drug-likeness (QED) is 0.798. The molecule has 0 unspecified atom stereocenters. The molecule has 1 atom stereocenters. The van der Waals surface area contributed by atoms with Crippen molar-refractivity contribution in [3.63, 3.8) is 0 Å². The van der Waals surface area contributed by atoms with Crippen molar-refractivity contribution < 1.29 is 19.1 Å². The Hall–Kier alpha value is -2.93. The molecular formula is C20H22ClN3O4. The SMILES string of the molecule is COc1cc(NCC(=O)N2c3ccccc3NC(=O)C[C@H]2C)c(OC)cc1Cl. The first-order valence-corrected chi connectivity index (χ1v) is 9.18. The van der Waals surface area contributed by atoms with Crippen LogP contribution in [0.2, 0.25) is 5.02 Å². The van der Waals surface area contributed by atoms with Crippen molar-refractivity contribution in [3.05, 3.63) is 41.4 Å². The molecule has 0 spiro atoms. The Morgan fingerprint density at radius 1 is 1.25 bits per heavy atom. The highest BCUT2D eigenvalue weighted by Gasteiger charge is 2.29. The fourth-order valence-corrected chi connectivity index (χ4v) is 3.45. The van der Waals surface area contributed by atoms with Crippen LogP contribution in [0.5, 0.6) is 11.5 Å². The van der Waals surface area contributed by atoms with Crippen molar-refractivity contribution in [2.45, 2.75) is 19.4 Å². The zero-order valence-electron chi connectivity index (χ0n) is 15.9. The van der Waals surface area contributed by atoms with E-state index in [1.165, 1.54) is 14.2 Å². The summed E-state index contributed by atoms with van der Waals surface area (Å²) in [5.41, 5.74) is 1.88. The first kappa shape index (κ1) is 19.8. The van der Waals surface area contributed by atoms with Gasteiger partial charge in [0.05, 0.1) is 42.8 Å². The number of fused-ring (bicyclic) bond motifs is 1. The standard InChI is InChI=1S/C20H22ClN3O4/c1-12-8-19(25)23-14-6-4-5-7-16(14)24(12)20(26)11-22-15-10-17(27-2)13(21)9-18(15)28-3/h4-7,9-10,12,22H,8,11H2,1-3H3,(H,23,25)/t12-/m1/s1. The average molecular weight is 404 g/mol. The van der Waals surface area contributed by atoms with Crippen LogP contribution in [0.15, 0.2) is 36.4 Å². The Labute approximate surface area is 168 Å². The molecule has 28 heavy (non-hydrogen) atoms. The third kappa shape index (κ3) is 3.99. The fraction of sp³-hybridized carbons (Fsp3) is 0.300. The summed E-state index contributed by atoms with van der Waals surface area (Å²) in [4.78, 5) is 26.8. The second-order valence-electron chi connectivity index (χ2n) is 6.42. The Kier molecular flexibility index (Phi) is 5.94. The van der Waals surface area contributed by atoms with Gasteiger partial charge in [0.15, 0.2) is 0 Å². The lowest BCUT2D eigenvalue weighted by Gasteiger charge is -2.28. The third-order valence-electron chi connectivity index (χ3n) is 4.53. The first-order valence-electron chi connectivity index (χ1n) is 8.81. The van der Waals surface area contributed by atoms with Gasteiger partial charge in [0, 0.05) is 24.6 Å². The van der Waals surface area contributed by atoms with Crippen LogP contribution in [0.1, 0.15) is 13.3 Å². The first-order chi connectivity index (χ1) is 13.4. The summed E-state index contributed by atoms with van der Waals surface area (Å²) < 4.78 is 10.6. The zero-order valence-corrected chi connectivity index (χ0v) is 16.7. The molecule has 1 heterocycles. The molecule has 0 radical (unpaired) electrons. The number of ether oxygens (including phenoxy) is 2. The number of methoxy groups -OCH3 is 2. The van der Waals surface area contributed by atoms with E-state index in [4.69, 9.17) is 21.1 Å². The largest absolute Gasteiger partial charge is 0.495 e. The van der Waals surface area contributed by atoms with Crippen molar-refractivity contribution in [1.29, 1.82) is 0 Å². The number of carbonyl (C=O) groups is 2. The number of para-hydroxylation sites is 2. The molecule has 7 nitrogen and oxygen atoms in total. The lowest BCUT2D eigenvalue weighted by atomic mass is 10.1. The van der Waals surface area contributed by atoms with Gasteiger partial charge in [-0.25, -0.2) is 0 Å². The maximum atomic E-state index is 13.1. The molecule has 0 aliphatic carbocycles. The molecule has 0 aromatic heterocycles. The molecule has 0 saturated heterocycles. The number of carbonyl (C=O) groups excluding carboxylic acids is 2. The molecule has 1 aliphatic rings. The van der Waals surface area contributed by atoms with Crippen LogP contribution in [0, 0.1) is 0 Å². The molecule has 2 aromatic carbocycles. The van der Waals surface area contributed by atoms with E-state index < -0.39 is 0 Å². The summed E-state index contributed by atoms with van der Waals surface area (Å²) in [5, 5.41) is 6.35. The predicted molar refractivity (Wildman–Crippen MR) is 110 cm³/mol. The van der Waals surface area contributed by atoms with E-state index in [2.05, 4.69) is 10.6 Å². The smallest absolute Gasteiger partial charge is 0.246 e. The molecule has 148 valence electrons. The van der Waals surface area contributed by atoms with E-state index in [9.17, 15) is 9.59 Å². The highest BCUT2D eigenvalue weighted by atomic mass is 35.5. The molecule has 3 rings (SSSR count). The predicted octanol–water partition coefficient (Wildman–Crippen LogP) is 3.53. The van der Waals surface area contributed by atoms with Gasteiger partial charge in [0.1, 0.15) is 11.5 Å². The number of rotatable bonds is 5. The highest BCUT2D eigenvalue weighted by molar-refractivity contribution is 6.32. The molecule has 0 bridgehead atoms. The summed E-state index contributed by atoms with van der Waals surface area (Å²) in [5.74, 6) is 0.681. The summed E-state index contributed by atoms with van der Waals surface area (Å²) in [6.45, 7) is 1.86. The molecule has 2 N–H and O–H groups in total. The number of halogens is 1. The number of amides is 2. The number of nitrogens with one attached hydrogen (secondary N) is 2. The van der Waals surface area contributed by atoms with Gasteiger partial charge in [-0.05, 0) is 19.1 Å². The van der Waals surface area contributed by atoms with Crippen molar-refractivity contribution in [2.75, 3.05) is 36.3 Å². The number of benzene rings is 2. The average Bonchev–Trinajstić information content (AvgIpc) is 2.80. The van der Waals surface area contributed by atoms with Gasteiger partial charge in [-0.2, -0.15) is 0 Å². The Morgan fingerprint density at radius 3 is 2.68 bits per heavy atom. The van der Waals surface area contributed by atoms with E-state index in [1.54, 1.807) is 23.1 Å². The van der Waals surface area contributed by atoms with Gasteiger partial charge < -0.3 is 25.0 Å². The number of nitrogens with zero attached hydrogens (tertiary/aromatic N) is 1. The summed E-state index contributed by atoms with van der Waals surface area (Å²) in [7, 11) is 3.04. The van der Waals surface area contributed by atoms with E-state index in [1.807, 2.05) is 25.1 Å². The van der Waals surface area contributed by atoms with Gasteiger partial charge in [-0.15, -0.1) is 0 Å². The van der Waals surface area contributed by atoms with Crippen molar-refractivity contribution in [3.8, 4) is 11.5 Å². The Morgan fingerprint density at radius 2 is 1.96 bits per heavy atom. The van der Waals surface area contributed by atoms with Crippen LogP contribution >= 0.6 is 11.6 Å². The minimum Gasteiger partial charge on any atom is -0.495 e.